The van der Waals surface area contributed by atoms with Crippen molar-refractivity contribution < 1.29 is 5.11 Å². The summed E-state index contributed by atoms with van der Waals surface area (Å²) in [6.45, 7) is 7.76. The molecule has 98 valence electrons. The molecule has 0 spiro atoms. The molecular weight excluding hydrogens is 238 g/mol. The SMILES string of the molecule is CCc1nn(CC)c(CNC(CC)CO)c1Cl. The third-order valence-electron chi connectivity index (χ3n) is 2.97. The van der Waals surface area contributed by atoms with Gasteiger partial charge in [0, 0.05) is 19.1 Å². The Labute approximate surface area is 108 Å². The second-order valence-corrected chi connectivity index (χ2v) is 4.42. The van der Waals surface area contributed by atoms with E-state index < -0.39 is 0 Å². The maximum absolute atomic E-state index is 9.13. The summed E-state index contributed by atoms with van der Waals surface area (Å²) in [5.41, 5.74) is 1.96. The molecule has 0 fully saturated rings. The van der Waals surface area contributed by atoms with Crippen LogP contribution in [0, 0.1) is 0 Å². The van der Waals surface area contributed by atoms with E-state index in [1.165, 1.54) is 0 Å². The summed E-state index contributed by atoms with van der Waals surface area (Å²) in [4.78, 5) is 0. The van der Waals surface area contributed by atoms with Gasteiger partial charge in [0.2, 0.25) is 0 Å². The first-order chi connectivity index (χ1) is 8.17. The van der Waals surface area contributed by atoms with Gasteiger partial charge in [0.15, 0.2) is 0 Å². The summed E-state index contributed by atoms with van der Waals surface area (Å²) in [7, 11) is 0. The zero-order valence-corrected chi connectivity index (χ0v) is 11.6. The molecule has 1 rings (SSSR count). The number of halogens is 1. The number of aliphatic hydroxyl groups excluding tert-OH is 1. The minimum absolute atomic E-state index is 0.122. The van der Waals surface area contributed by atoms with Gasteiger partial charge >= 0.3 is 0 Å². The monoisotopic (exact) mass is 259 g/mol. The zero-order chi connectivity index (χ0) is 12.8. The second kappa shape index (κ2) is 6.99. The molecule has 0 saturated heterocycles. The van der Waals surface area contributed by atoms with E-state index in [9.17, 15) is 0 Å². The van der Waals surface area contributed by atoms with Crippen LogP contribution in [0.5, 0.6) is 0 Å². The Balaban J connectivity index is 2.78. The predicted molar refractivity (Wildman–Crippen MR) is 70.3 cm³/mol. The van der Waals surface area contributed by atoms with Gasteiger partial charge in [-0.15, -0.1) is 0 Å². The first-order valence-electron chi connectivity index (χ1n) is 6.26. The molecule has 1 aromatic heterocycles. The van der Waals surface area contributed by atoms with Crippen molar-refractivity contribution in [2.24, 2.45) is 0 Å². The van der Waals surface area contributed by atoms with Crippen LogP contribution in [0.15, 0.2) is 0 Å². The van der Waals surface area contributed by atoms with Crippen LogP contribution < -0.4 is 5.32 Å². The van der Waals surface area contributed by atoms with Crippen molar-refractivity contribution in [1.29, 1.82) is 0 Å². The van der Waals surface area contributed by atoms with Gasteiger partial charge in [-0.05, 0) is 19.8 Å². The molecule has 0 aliphatic carbocycles. The molecule has 17 heavy (non-hydrogen) atoms. The van der Waals surface area contributed by atoms with E-state index in [-0.39, 0.29) is 12.6 Å². The van der Waals surface area contributed by atoms with E-state index in [1.807, 2.05) is 18.5 Å². The molecule has 0 amide bonds. The first-order valence-corrected chi connectivity index (χ1v) is 6.63. The van der Waals surface area contributed by atoms with E-state index >= 15 is 0 Å². The van der Waals surface area contributed by atoms with Crippen molar-refractivity contribution in [1.82, 2.24) is 15.1 Å². The van der Waals surface area contributed by atoms with Crippen LogP contribution in [0.25, 0.3) is 0 Å². The van der Waals surface area contributed by atoms with Crippen molar-refractivity contribution in [2.75, 3.05) is 6.61 Å². The lowest BCUT2D eigenvalue weighted by atomic mass is 10.2. The van der Waals surface area contributed by atoms with Gasteiger partial charge in [0.25, 0.3) is 0 Å². The van der Waals surface area contributed by atoms with E-state index in [0.717, 1.165) is 35.8 Å². The molecule has 1 unspecified atom stereocenters. The van der Waals surface area contributed by atoms with Crippen molar-refractivity contribution in [3.63, 3.8) is 0 Å². The molecule has 5 heteroatoms. The number of nitrogens with zero attached hydrogens (tertiary/aromatic N) is 2. The maximum atomic E-state index is 9.13. The Morgan fingerprint density at radius 1 is 1.41 bits per heavy atom. The Hall–Kier alpha value is -0.580. The van der Waals surface area contributed by atoms with Crippen LogP contribution in [-0.2, 0) is 19.5 Å². The van der Waals surface area contributed by atoms with Gasteiger partial charge in [-0.1, -0.05) is 25.4 Å². The van der Waals surface area contributed by atoms with Gasteiger partial charge in [0.1, 0.15) is 0 Å². The van der Waals surface area contributed by atoms with Crippen molar-refractivity contribution in [3.05, 3.63) is 16.4 Å². The largest absolute Gasteiger partial charge is 0.395 e. The number of aliphatic hydroxyl groups is 1. The standard InChI is InChI=1S/C12H22ClN3O/c1-4-9(8-17)14-7-11-12(13)10(5-2)15-16(11)6-3/h9,14,17H,4-8H2,1-3H3. The Morgan fingerprint density at radius 2 is 2.12 bits per heavy atom. The summed E-state index contributed by atoms with van der Waals surface area (Å²) < 4.78 is 1.93. The Kier molecular flexibility index (Phi) is 5.95. The molecule has 0 radical (unpaired) electrons. The molecule has 1 heterocycles. The number of hydrogen-bond donors (Lipinski definition) is 2. The number of rotatable bonds is 7. The highest BCUT2D eigenvalue weighted by Crippen LogP contribution is 2.21. The average Bonchev–Trinajstić information content (AvgIpc) is 2.67. The molecule has 4 nitrogen and oxygen atoms in total. The van der Waals surface area contributed by atoms with Crippen LogP contribution in [0.3, 0.4) is 0 Å². The minimum atomic E-state index is 0.122. The van der Waals surface area contributed by atoms with Gasteiger partial charge in [-0.3, -0.25) is 4.68 Å². The molecular formula is C12H22ClN3O. The van der Waals surface area contributed by atoms with Gasteiger partial charge in [-0.25, -0.2) is 0 Å². The lowest BCUT2D eigenvalue weighted by Crippen LogP contribution is -2.32. The molecule has 2 N–H and O–H groups in total. The quantitative estimate of drug-likeness (QED) is 0.787. The summed E-state index contributed by atoms with van der Waals surface area (Å²) >= 11 is 6.29. The van der Waals surface area contributed by atoms with E-state index in [1.54, 1.807) is 0 Å². The number of aryl methyl sites for hydroxylation is 2. The van der Waals surface area contributed by atoms with E-state index in [0.29, 0.717) is 6.54 Å². The third kappa shape index (κ3) is 3.44. The Bertz CT molecular complexity index is 348. The molecule has 0 saturated carbocycles. The summed E-state index contributed by atoms with van der Waals surface area (Å²) in [6, 6.07) is 0.122. The van der Waals surface area contributed by atoms with Crippen LogP contribution in [0.4, 0.5) is 0 Å². The van der Waals surface area contributed by atoms with Crippen LogP contribution >= 0.6 is 11.6 Å². The molecule has 1 aromatic rings. The van der Waals surface area contributed by atoms with Crippen LogP contribution in [0.1, 0.15) is 38.6 Å². The van der Waals surface area contributed by atoms with Gasteiger partial charge < -0.3 is 10.4 Å². The van der Waals surface area contributed by atoms with E-state index in [4.69, 9.17) is 16.7 Å². The van der Waals surface area contributed by atoms with Crippen LogP contribution in [-0.4, -0.2) is 27.5 Å². The lowest BCUT2D eigenvalue weighted by molar-refractivity contribution is 0.237. The number of nitrogens with one attached hydrogen (secondary N) is 1. The average molecular weight is 260 g/mol. The van der Waals surface area contributed by atoms with Crippen molar-refractivity contribution in [3.8, 4) is 0 Å². The molecule has 0 aliphatic heterocycles. The highest BCUT2D eigenvalue weighted by atomic mass is 35.5. The molecule has 0 aromatic carbocycles. The lowest BCUT2D eigenvalue weighted by Gasteiger charge is -2.14. The fourth-order valence-electron chi connectivity index (χ4n) is 1.77. The second-order valence-electron chi connectivity index (χ2n) is 4.05. The Morgan fingerprint density at radius 3 is 2.59 bits per heavy atom. The highest BCUT2D eigenvalue weighted by Gasteiger charge is 2.15. The van der Waals surface area contributed by atoms with Crippen molar-refractivity contribution >= 4 is 11.6 Å². The third-order valence-corrected chi connectivity index (χ3v) is 3.40. The summed E-state index contributed by atoms with van der Waals surface area (Å²) in [5, 5.41) is 17.6. The predicted octanol–water partition coefficient (Wildman–Crippen LogP) is 1.98. The van der Waals surface area contributed by atoms with Gasteiger partial charge in [0.05, 0.1) is 23.0 Å². The fraction of sp³-hybridized carbons (Fsp3) is 0.750. The van der Waals surface area contributed by atoms with Crippen molar-refractivity contribution in [2.45, 2.75) is 52.7 Å². The topological polar surface area (TPSA) is 50.1 Å². The summed E-state index contributed by atoms with van der Waals surface area (Å²) in [5.74, 6) is 0. The molecule has 1 atom stereocenters. The summed E-state index contributed by atoms with van der Waals surface area (Å²) in [6.07, 6.45) is 1.74. The maximum Gasteiger partial charge on any atom is 0.0863 e. The van der Waals surface area contributed by atoms with Crippen LogP contribution in [0.2, 0.25) is 5.02 Å². The highest BCUT2D eigenvalue weighted by molar-refractivity contribution is 6.31. The zero-order valence-electron chi connectivity index (χ0n) is 10.8. The first kappa shape index (κ1) is 14.5. The number of hydrogen-bond acceptors (Lipinski definition) is 3. The normalized spacial score (nSPS) is 13.0. The van der Waals surface area contributed by atoms with Gasteiger partial charge in [-0.2, -0.15) is 5.10 Å². The smallest absolute Gasteiger partial charge is 0.0863 e. The molecule has 0 bridgehead atoms. The number of aromatic nitrogens is 2. The minimum Gasteiger partial charge on any atom is -0.395 e. The molecule has 0 aliphatic rings. The fourth-order valence-corrected chi connectivity index (χ4v) is 2.10. The van der Waals surface area contributed by atoms with E-state index in [2.05, 4.69) is 17.3 Å².